The van der Waals surface area contributed by atoms with Gasteiger partial charge < -0.3 is 20.1 Å². The number of morpholine rings is 1. The van der Waals surface area contributed by atoms with E-state index in [2.05, 4.69) is 20.5 Å². The maximum absolute atomic E-state index is 10.8. The van der Waals surface area contributed by atoms with Gasteiger partial charge in [-0.15, -0.1) is 0 Å². The van der Waals surface area contributed by atoms with E-state index in [1.165, 1.54) is 18.6 Å². The maximum atomic E-state index is 10.8. The summed E-state index contributed by atoms with van der Waals surface area (Å²) in [5, 5.41) is 17.6. The summed E-state index contributed by atoms with van der Waals surface area (Å²) in [5.41, 5.74) is 1.02. The molecular weight excluding hydrogens is 374 g/mol. The van der Waals surface area contributed by atoms with Gasteiger partial charge in [-0.25, -0.2) is 4.99 Å². The fraction of sp³-hybridized carbons (Fsp3) is 0.650. The molecule has 1 aromatic rings. The Morgan fingerprint density at radius 2 is 1.97 bits per heavy atom. The predicted molar refractivity (Wildman–Crippen MR) is 111 cm³/mol. The molecule has 2 heterocycles. The van der Waals surface area contributed by atoms with Crippen LogP contribution in [0.5, 0.6) is 0 Å². The normalized spacial score (nSPS) is 21.0. The van der Waals surface area contributed by atoms with Crippen LogP contribution < -0.4 is 10.6 Å². The quantitative estimate of drug-likeness (QED) is 0.293. The van der Waals surface area contributed by atoms with Gasteiger partial charge in [0.05, 0.1) is 30.8 Å². The molecular formula is C20H31N5O4. The van der Waals surface area contributed by atoms with Gasteiger partial charge in [-0.05, 0) is 24.8 Å². The Morgan fingerprint density at radius 3 is 2.66 bits per heavy atom. The average molecular weight is 405 g/mol. The summed E-state index contributed by atoms with van der Waals surface area (Å²) >= 11 is 0. The van der Waals surface area contributed by atoms with Crippen LogP contribution in [0.15, 0.2) is 29.3 Å². The summed E-state index contributed by atoms with van der Waals surface area (Å²) in [5.74, 6) is 0.741. The Balaban J connectivity index is 1.52. The first-order valence-corrected chi connectivity index (χ1v) is 10.4. The fourth-order valence-electron chi connectivity index (χ4n) is 3.40. The lowest BCUT2D eigenvalue weighted by atomic mass is 10.1. The van der Waals surface area contributed by atoms with Crippen LogP contribution in [0.3, 0.4) is 0 Å². The zero-order chi connectivity index (χ0) is 20.3. The van der Waals surface area contributed by atoms with E-state index in [0.29, 0.717) is 6.54 Å². The second-order valence-electron chi connectivity index (χ2n) is 7.34. The number of hydrogen-bond acceptors (Lipinski definition) is 6. The second-order valence-corrected chi connectivity index (χ2v) is 7.34. The standard InChI is InChI=1S/C20H31N5O4/c26-25(27)18-6-4-17(5-7-18)15-22-20(23-16-19-3-1-2-12-29-19)21-8-9-24-10-13-28-14-11-24/h4-7,19H,1-3,8-16H2,(H2,21,22,23). The van der Waals surface area contributed by atoms with Gasteiger partial charge in [-0.2, -0.15) is 0 Å². The lowest BCUT2D eigenvalue weighted by Gasteiger charge is -2.27. The number of nitro benzene ring substituents is 1. The lowest BCUT2D eigenvalue weighted by molar-refractivity contribution is -0.384. The number of nitrogens with zero attached hydrogens (tertiary/aromatic N) is 3. The van der Waals surface area contributed by atoms with Gasteiger partial charge in [0.25, 0.3) is 5.69 Å². The highest BCUT2D eigenvalue weighted by Gasteiger charge is 2.15. The van der Waals surface area contributed by atoms with Gasteiger partial charge in [0.1, 0.15) is 0 Å². The second kappa shape index (κ2) is 11.7. The van der Waals surface area contributed by atoms with Crippen LogP contribution in [0.25, 0.3) is 0 Å². The van der Waals surface area contributed by atoms with Crippen molar-refractivity contribution < 1.29 is 14.4 Å². The molecule has 2 fully saturated rings. The molecule has 0 spiro atoms. The zero-order valence-corrected chi connectivity index (χ0v) is 16.8. The Kier molecular flexibility index (Phi) is 8.66. The van der Waals surface area contributed by atoms with E-state index >= 15 is 0 Å². The first-order chi connectivity index (χ1) is 14.2. The molecule has 9 heteroatoms. The largest absolute Gasteiger partial charge is 0.379 e. The minimum Gasteiger partial charge on any atom is -0.379 e. The third kappa shape index (κ3) is 7.60. The van der Waals surface area contributed by atoms with Gasteiger partial charge in [0.2, 0.25) is 0 Å². The van der Waals surface area contributed by atoms with E-state index in [9.17, 15) is 10.1 Å². The van der Waals surface area contributed by atoms with E-state index in [4.69, 9.17) is 9.47 Å². The number of non-ortho nitro benzene ring substituents is 1. The Morgan fingerprint density at radius 1 is 1.17 bits per heavy atom. The van der Waals surface area contributed by atoms with Crippen molar-refractivity contribution in [3.05, 3.63) is 39.9 Å². The number of hydrogen-bond donors (Lipinski definition) is 2. The van der Waals surface area contributed by atoms with Gasteiger partial charge in [0.15, 0.2) is 5.96 Å². The van der Waals surface area contributed by atoms with E-state index < -0.39 is 4.92 Å². The van der Waals surface area contributed by atoms with Crippen molar-refractivity contribution >= 4 is 11.6 Å². The molecule has 1 atom stereocenters. The fourth-order valence-corrected chi connectivity index (χ4v) is 3.40. The molecule has 160 valence electrons. The molecule has 0 radical (unpaired) electrons. The van der Waals surface area contributed by atoms with Crippen LogP contribution in [0, 0.1) is 10.1 Å². The summed E-state index contributed by atoms with van der Waals surface area (Å²) < 4.78 is 11.2. The SMILES string of the molecule is O=[N+]([O-])c1ccc(CN=C(NCCN2CCOCC2)NCC2CCCCO2)cc1. The van der Waals surface area contributed by atoms with Crippen molar-refractivity contribution in [3.8, 4) is 0 Å². The van der Waals surface area contributed by atoms with Crippen molar-refractivity contribution in [2.75, 3.05) is 52.5 Å². The monoisotopic (exact) mass is 405 g/mol. The van der Waals surface area contributed by atoms with Gasteiger partial charge in [-0.3, -0.25) is 15.0 Å². The summed E-state index contributed by atoms with van der Waals surface area (Å²) in [7, 11) is 0. The van der Waals surface area contributed by atoms with Crippen molar-refractivity contribution in [2.24, 2.45) is 4.99 Å². The Hall–Kier alpha value is -2.23. The van der Waals surface area contributed by atoms with Crippen molar-refractivity contribution in [1.82, 2.24) is 15.5 Å². The minimum atomic E-state index is -0.391. The molecule has 0 saturated carbocycles. The highest BCUT2D eigenvalue weighted by Crippen LogP contribution is 2.13. The first kappa shape index (κ1) is 21.5. The topological polar surface area (TPSA) is 101 Å². The summed E-state index contributed by atoms with van der Waals surface area (Å²) in [6.07, 6.45) is 3.62. The number of guanidine groups is 1. The first-order valence-electron chi connectivity index (χ1n) is 10.4. The number of benzene rings is 1. The minimum absolute atomic E-state index is 0.0918. The number of nitrogens with one attached hydrogen (secondary N) is 2. The van der Waals surface area contributed by atoms with E-state index in [1.807, 2.05) is 0 Å². The van der Waals surface area contributed by atoms with Crippen LogP contribution in [0.2, 0.25) is 0 Å². The summed E-state index contributed by atoms with van der Waals surface area (Å²) in [4.78, 5) is 17.4. The van der Waals surface area contributed by atoms with E-state index in [1.54, 1.807) is 12.1 Å². The Bertz CT molecular complexity index is 655. The average Bonchev–Trinajstić information content (AvgIpc) is 2.77. The smallest absolute Gasteiger partial charge is 0.269 e. The van der Waals surface area contributed by atoms with Crippen LogP contribution in [0.4, 0.5) is 5.69 Å². The van der Waals surface area contributed by atoms with Crippen molar-refractivity contribution in [1.29, 1.82) is 0 Å². The third-order valence-corrected chi connectivity index (χ3v) is 5.16. The molecule has 2 N–H and O–H groups in total. The highest BCUT2D eigenvalue weighted by atomic mass is 16.6. The van der Waals surface area contributed by atoms with Crippen LogP contribution in [0.1, 0.15) is 24.8 Å². The molecule has 1 aromatic carbocycles. The number of ether oxygens (including phenoxy) is 2. The van der Waals surface area contributed by atoms with Crippen molar-refractivity contribution in [3.63, 3.8) is 0 Å². The van der Waals surface area contributed by atoms with Crippen LogP contribution >= 0.6 is 0 Å². The van der Waals surface area contributed by atoms with Crippen LogP contribution in [-0.2, 0) is 16.0 Å². The maximum Gasteiger partial charge on any atom is 0.269 e. The summed E-state index contributed by atoms with van der Waals surface area (Å²) in [6.45, 7) is 7.22. The van der Waals surface area contributed by atoms with Crippen molar-refractivity contribution in [2.45, 2.75) is 31.9 Å². The molecule has 0 bridgehead atoms. The van der Waals surface area contributed by atoms with E-state index in [0.717, 1.165) is 76.9 Å². The molecule has 0 aromatic heterocycles. The number of aliphatic imine (C=N–C) groups is 1. The van der Waals surface area contributed by atoms with Gasteiger partial charge >= 0.3 is 0 Å². The molecule has 2 saturated heterocycles. The molecule has 2 aliphatic heterocycles. The Labute approximate surface area is 171 Å². The van der Waals surface area contributed by atoms with Gasteiger partial charge in [0, 0.05) is 51.5 Å². The lowest BCUT2D eigenvalue weighted by Crippen LogP contribution is -2.46. The molecule has 9 nitrogen and oxygen atoms in total. The number of nitro groups is 1. The summed E-state index contributed by atoms with van der Waals surface area (Å²) in [6, 6.07) is 6.52. The molecule has 3 rings (SSSR count). The van der Waals surface area contributed by atoms with E-state index in [-0.39, 0.29) is 11.8 Å². The molecule has 0 aliphatic carbocycles. The van der Waals surface area contributed by atoms with Crippen LogP contribution in [-0.4, -0.2) is 74.4 Å². The molecule has 29 heavy (non-hydrogen) atoms. The molecule has 1 unspecified atom stereocenters. The highest BCUT2D eigenvalue weighted by molar-refractivity contribution is 5.79. The zero-order valence-electron chi connectivity index (χ0n) is 16.8. The van der Waals surface area contributed by atoms with Gasteiger partial charge in [-0.1, -0.05) is 12.1 Å². The molecule has 0 amide bonds. The molecule has 2 aliphatic rings. The predicted octanol–water partition coefficient (Wildman–Crippen LogP) is 1.53. The number of rotatable bonds is 8. The third-order valence-electron chi connectivity index (χ3n) is 5.16.